The molecule has 0 aliphatic rings. The van der Waals surface area contributed by atoms with E-state index in [4.69, 9.17) is 9.15 Å². The number of carbonyl (C=O) groups is 1. The van der Waals surface area contributed by atoms with Crippen LogP contribution in [0.2, 0.25) is 0 Å². The highest BCUT2D eigenvalue weighted by atomic mass is 32.1. The fraction of sp³-hybridized carbons (Fsp3) is 0.0588. The Balaban J connectivity index is 1.96. The zero-order valence-electron chi connectivity index (χ0n) is 12.9. The lowest BCUT2D eigenvalue weighted by atomic mass is 10.1. The first-order chi connectivity index (χ1) is 12.0. The van der Waals surface area contributed by atoms with Gasteiger partial charge in [-0.15, -0.1) is 0 Å². The third kappa shape index (κ3) is 3.33. The summed E-state index contributed by atoms with van der Waals surface area (Å²) < 4.78 is 10.7. The van der Waals surface area contributed by atoms with Crippen LogP contribution in [-0.2, 0) is 0 Å². The highest BCUT2D eigenvalue weighted by Gasteiger charge is 2.18. The van der Waals surface area contributed by atoms with Gasteiger partial charge >= 0.3 is 4.94 Å². The largest absolute Gasteiger partial charge is 0.496 e. The Bertz CT molecular complexity index is 1050. The molecule has 3 rings (SSSR count). The number of ketones is 1. The van der Waals surface area contributed by atoms with Gasteiger partial charge in [-0.2, -0.15) is 0 Å². The fourth-order valence-electron chi connectivity index (χ4n) is 2.29. The van der Waals surface area contributed by atoms with Crippen molar-refractivity contribution in [2.75, 3.05) is 7.11 Å². The minimum atomic E-state index is -0.503. The lowest BCUT2D eigenvalue weighted by molar-refractivity contribution is -0.384. The molecule has 0 bridgehead atoms. The van der Waals surface area contributed by atoms with Crippen LogP contribution in [0.15, 0.2) is 51.7 Å². The fourth-order valence-corrected chi connectivity index (χ4v) is 3.10. The topological polar surface area (TPSA) is 99.7 Å². The van der Waals surface area contributed by atoms with Crippen LogP contribution in [-0.4, -0.2) is 17.8 Å². The van der Waals surface area contributed by atoms with Crippen LogP contribution in [0, 0.1) is 10.1 Å². The Morgan fingerprint density at radius 3 is 2.60 bits per heavy atom. The molecule has 3 aromatic rings. The molecule has 0 fully saturated rings. The summed E-state index contributed by atoms with van der Waals surface area (Å²) in [4.78, 5) is 33.7. The average Bonchev–Trinajstić information content (AvgIpc) is 2.99. The van der Waals surface area contributed by atoms with E-state index in [0.29, 0.717) is 21.6 Å². The number of nitro groups is 1. The highest BCUT2D eigenvalue weighted by molar-refractivity contribution is 7.16. The standard InChI is InChI=1S/C17H11NO6S/c1-23-13-8-9-14-16(25-17(20)24-14)15(13)12(19)7-4-10-2-5-11(6-3-10)18(21)22/h2-9H,1H3/b7-4+. The molecule has 1 heterocycles. The minimum absolute atomic E-state index is 0.0296. The van der Waals surface area contributed by atoms with Crippen molar-refractivity contribution in [3.05, 3.63) is 73.4 Å². The predicted molar refractivity (Wildman–Crippen MR) is 93.4 cm³/mol. The molecule has 0 spiro atoms. The van der Waals surface area contributed by atoms with Gasteiger partial charge in [0.15, 0.2) is 11.4 Å². The van der Waals surface area contributed by atoms with E-state index in [0.717, 1.165) is 11.3 Å². The van der Waals surface area contributed by atoms with Gasteiger partial charge in [-0.1, -0.05) is 17.4 Å². The lowest BCUT2D eigenvalue weighted by Gasteiger charge is -2.05. The van der Waals surface area contributed by atoms with Crippen molar-refractivity contribution < 1.29 is 18.9 Å². The minimum Gasteiger partial charge on any atom is -0.496 e. The monoisotopic (exact) mass is 357 g/mol. The molecule has 0 saturated heterocycles. The maximum atomic E-state index is 12.6. The Hall–Kier alpha value is -3.26. The van der Waals surface area contributed by atoms with Crippen LogP contribution >= 0.6 is 11.3 Å². The molecule has 0 saturated carbocycles. The van der Waals surface area contributed by atoms with Crippen LogP contribution in [0.3, 0.4) is 0 Å². The number of rotatable bonds is 5. The lowest BCUT2D eigenvalue weighted by Crippen LogP contribution is -1.99. The molecule has 1 aromatic heterocycles. The molecule has 0 aliphatic carbocycles. The summed E-state index contributed by atoms with van der Waals surface area (Å²) in [7, 11) is 1.43. The van der Waals surface area contributed by atoms with Crippen molar-refractivity contribution in [2.24, 2.45) is 0 Å². The van der Waals surface area contributed by atoms with Gasteiger partial charge in [0.25, 0.3) is 5.69 Å². The van der Waals surface area contributed by atoms with Crippen LogP contribution in [0.5, 0.6) is 5.75 Å². The maximum Gasteiger partial charge on any atom is 0.396 e. The van der Waals surface area contributed by atoms with Gasteiger partial charge in [-0.05, 0) is 35.9 Å². The third-order valence-corrected chi connectivity index (χ3v) is 4.32. The molecule has 2 aromatic carbocycles. The first-order valence-corrected chi connectivity index (χ1v) is 7.89. The first-order valence-electron chi connectivity index (χ1n) is 7.07. The molecule has 7 nitrogen and oxygen atoms in total. The SMILES string of the molecule is COc1ccc2oc(=O)sc2c1C(=O)/C=C/c1ccc([N+](=O)[O-])cc1. The van der Waals surface area contributed by atoms with Gasteiger partial charge in [0, 0.05) is 12.1 Å². The zero-order valence-corrected chi connectivity index (χ0v) is 13.7. The summed E-state index contributed by atoms with van der Waals surface area (Å²) in [5, 5.41) is 10.6. The van der Waals surface area contributed by atoms with Crippen molar-refractivity contribution in [1.29, 1.82) is 0 Å². The van der Waals surface area contributed by atoms with E-state index >= 15 is 0 Å². The van der Waals surface area contributed by atoms with Gasteiger partial charge in [-0.25, -0.2) is 4.79 Å². The van der Waals surface area contributed by atoms with Crippen molar-refractivity contribution in [3.63, 3.8) is 0 Å². The number of non-ortho nitro benzene ring substituents is 1. The van der Waals surface area contributed by atoms with E-state index in [-0.39, 0.29) is 17.0 Å². The van der Waals surface area contributed by atoms with Gasteiger partial charge in [0.1, 0.15) is 5.75 Å². The summed E-state index contributed by atoms with van der Waals surface area (Å²) in [6.45, 7) is 0. The van der Waals surface area contributed by atoms with Crippen LogP contribution in [0.1, 0.15) is 15.9 Å². The number of allylic oxidation sites excluding steroid dienone is 1. The number of methoxy groups -OCH3 is 1. The third-order valence-electron chi connectivity index (χ3n) is 3.46. The molecule has 0 radical (unpaired) electrons. The van der Waals surface area contributed by atoms with Crippen molar-refractivity contribution in [3.8, 4) is 5.75 Å². The van der Waals surface area contributed by atoms with Gasteiger partial charge in [-0.3, -0.25) is 14.9 Å². The number of nitrogens with zero attached hydrogens (tertiary/aromatic N) is 1. The number of fused-ring (bicyclic) bond motifs is 1. The van der Waals surface area contributed by atoms with E-state index in [1.807, 2.05) is 0 Å². The molecular weight excluding hydrogens is 346 g/mol. The van der Waals surface area contributed by atoms with Crippen LogP contribution in [0.4, 0.5) is 5.69 Å². The van der Waals surface area contributed by atoms with Gasteiger partial charge in [0.2, 0.25) is 0 Å². The van der Waals surface area contributed by atoms with Crippen LogP contribution < -0.4 is 9.68 Å². The van der Waals surface area contributed by atoms with E-state index < -0.39 is 9.86 Å². The number of ether oxygens (including phenoxy) is 1. The number of hydrogen-bond donors (Lipinski definition) is 0. The number of hydrogen-bond acceptors (Lipinski definition) is 7. The molecule has 0 atom stereocenters. The van der Waals surface area contributed by atoms with E-state index in [1.165, 1.54) is 43.5 Å². The summed E-state index contributed by atoms with van der Waals surface area (Å²) in [5.41, 5.74) is 1.17. The average molecular weight is 357 g/mol. The number of benzene rings is 2. The molecule has 0 aliphatic heterocycles. The second-order valence-electron chi connectivity index (χ2n) is 4.97. The van der Waals surface area contributed by atoms with Gasteiger partial charge < -0.3 is 9.15 Å². The Morgan fingerprint density at radius 1 is 1.24 bits per heavy atom. The summed E-state index contributed by atoms with van der Waals surface area (Å²) >= 11 is 0.832. The van der Waals surface area contributed by atoms with E-state index in [9.17, 15) is 19.7 Å². The molecule has 0 amide bonds. The summed E-state index contributed by atoms with van der Waals surface area (Å²) in [6.07, 6.45) is 2.86. The quantitative estimate of drug-likeness (QED) is 0.299. The summed E-state index contributed by atoms with van der Waals surface area (Å²) in [5.74, 6) is -0.0271. The molecule has 0 unspecified atom stereocenters. The highest BCUT2D eigenvalue weighted by Crippen LogP contribution is 2.30. The molecular formula is C17H11NO6S. The Kier molecular flexibility index (Phi) is 4.44. The maximum absolute atomic E-state index is 12.6. The zero-order chi connectivity index (χ0) is 18.0. The van der Waals surface area contributed by atoms with Crippen molar-refractivity contribution in [1.82, 2.24) is 0 Å². The second-order valence-corrected chi connectivity index (χ2v) is 5.92. The van der Waals surface area contributed by atoms with Crippen molar-refractivity contribution >= 4 is 39.2 Å². The molecule has 0 N–H and O–H groups in total. The number of carbonyl (C=O) groups excluding carboxylic acids is 1. The molecule has 25 heavy (non-hydrogen) atoms. The van der Waals surface area contributed by atoms with Gasteiger partial charge in [0.05, 0.1) is 22.3 Å². The second kappa shape index (κ2) is 6.70. The number of nitro benzene ring substituents is 1. The molecule has 126 valence electrons. The van der Waals surface area contributed by atoms with E-state index in [1.54, 1.807) is 12.1 Å². The van der Waals surface area contributed by atoms with Crippen LogP contribution in [0.25, 0.3) is 16.4 Å². The summed E-state index contributed by atoms with van der Waals surface area (Å²) in [6, 6.07) is 8.92. The smallest absolute Gasteiger partial charge is 0.396 e. The first kappa shape index (κ1) is 16.6. The van der Waals surface area contributed by atoms with E-state index in [2.05, 4.69) is 0 Å². The Morgan fingerprint density at radius 2 is 1.96 bits per heavy atom. The molecule has 8 heteroatoms. The van der Waals surface area contributed by atoms with Crippen molar-refractivity contribution in [2.45, 2.75) is 0 Å². The normalized spacial score (nSPS) is 11.1. The predicted octanol–water partition coefficient (Wildman–Crippen LogP) is 3.67. The Labute approximate surface area is 144 Å².